The van der Waals surface area contributed by atoms with Gasteiger partial charge in [0, 0.05) is 13.1 Å². The van der Waals surface area contributed by atoms with Crippen LogP contribution in [0.5, 0.6) is 5.75 Å². The predicted octanol–water partition coefficient (Wildman–Crippen LogP) is 6.38. The van der Waals surface area contributed by atoms with Gasteiger partial charge in [0.15, 0.2) is 5.60 Å². The molecule has 3 aromatic carbocycles. The Morgan fingerprint density at radius 2 is 1.68 bits per heavy atom. The Morgan fingerprint density at radius 3 is 2.37 bits per heavy atom. The Labute approximate surface area is 226 Å². The highest BCUT2D eigenvalue weighted by molar-refractivity contribution is 7.89. The van der Waals surface area contributed by atoms with Crippen molar-refractivity contribution in [3.05, 3.63) is 83.9 Å². The monoisotopic (exact) mass is 535 g/mol. The van der Waals surface area contributed by atoms with Crippen LogP contribution in [-0.2, 0) is 19.6 Å². The van der Waals surface area contributed by atoms with Crippen molar-refractivity contribution in [1.29, 1.82) is 0 Å². The molecular formula is C31H37NO5S. The molecule has 1 saturated heterocycles. The smallest absolute Gasteiger partial charge is 0.349 e. The van der Waals surface area contributed by atoms with Crippen molar-refractivity contribution in [2.75, 3.05) is 20.2 Å². The normalized spacial score (nSPS) is 16.8. The third-order valence-corrected chi connectivity index (χ3v) is 9.01. The van der Waals surface area contributed by atoms with E-state index in [4.69, 9.17) is 9.47 Å². The second-order valence-electron chi connectivity index (χ2n) is 10.7. The number of esters is 1. The van der Waals surface area contributed by atoms with E-state index in [1.165, 1.54) is 12.7 Å². The van der Waals surface area contributed by atoms with E-state index in [0.29, 0.717) is 29.7 Å². The van der Waals surface area contributed by atoms with Gasteiger partial charge in [0.25, 0.3) is 0 Å². The number of carbonyl (C=O) groups is 1. The number of nitrogens with zero attached hydrogens (tertiary/aromatic N) is 1. The molecular weight excluding hydrogens is 498 g/mol. The molecule has 0 radical (unpaired) electrons. The zero-order chi connectivity index (χ0) is 27.5. The average molecular weight is 536 g/mol. The van der Waals surface area contributed by atoms with Crippen LogP contribution in [0.2, 0.25) is 0 Å². The fourth-order valence-corrected chi connectivity index (χ4v) is 6.46. The van der Waals surface area contributed by atoms with Gasteiger partial charge in [0.1, 0.15) is 5.75 Å². The Bertz CT molecular complexity index is 1380. The van der Waals surface area contributed by atoms with E-state index in [2.05, 4.69) is 38.1 Å². The van der Waals surface area contributed by atoms with Crippen LogP contribution in [0.4, 0.5) is 0 Å². The molecule has 0 aromatic heterocycles. The zero-order valence-electron chi connectivity index (χ0n) is 22.8. The minimum Gasteiger partial charge on any atom is -0.476 e. The number of hydrogen-bond acceptors (Lipinski definition) is 5. The largest absolute Gasteiger partial charge is 0.476 e. The number of hydrogen-bond donors (Lipinski definition) is 0. The van der Waals surface area contributed by atoms with Crippen LogP contribution < -0.4 is 4.74 Å². The summed E-state index contributed by atoms with van der Waals surface area (Å²) in [6, 6.07) is 23.1. The van der Waals surface area contributed by atoms with Crippen LogP contribution in [0.15, 0.2) is 77.7 Å². The van der Waals surface area contributed by atoms with Gasteiger partial charge in [-0.3, -0.25) is 0 Å². The van der Waals surface area contributed by atoms with Gasteiger partial charge in [-0.1, -0.05) is 62.4 Å². The molecule has 38 heavy (non-hydrogen) atoms. The Hall–Kier alpha value is -3.16. The number of sulfonamides is 1. The fourth-order valence-electron chi connectivity index (χ4n) is 4.89. The van der Waals surface area contributed by atoms with Crippen molar-refractivity contribution < 1.29 is 22.7 Å². The van der Waals surface area contributed by atoms with Crippen LogP contribution >= 0.6 is 0 Å². The van der Waals surface area contributed by atoms with Gasteiger partial charge in [-0.2, -0.15) is 4.31 Å². The summed E-state index contributed by atoms with van der Waals surface area (Å²) in [5.74, 6) is 0.550. The number of benzene rings is 3. The lowest BCUT2D eigenvalue weighted by Crippen LogP contribution is -2.39. The van der Waals surface area contributed by atoms with Crippen molar-refractivity contribution in [3.8, 4) is 16.9 Å². The number of ether oxygens (including phenoxy) is 2. The predicted molar refractivity (Wildman–Crippen MR) is 150 cm³/mol. The third-order valence-electron chi connectivity index (χ3n) is 7.15. The van der Waals surface area contributed by atoms with Crippen molar-refractivity contribution >= 4 is 16.0 Å². The highest BCUT2D eigenvalue weighted by Crippen LogP contribution is 2.33. The minimum absolute atomic E-state index is 0.0232. The van der Waals surface area contributed by atoms with Gasteiger partial charge < -0.3 is 9.47 Å². The van der Waals surface area contributed by atoms with Gasteiger partial charge in [-0.25, -0.2) is 13.2 Å². The van der Waals surface area contributed by atoms with Gasteiger partial charge in [-0.05, 0) is 85.0 Å². The Balaban J connectivity index is 1.53. The first-order valence-corrected chi connectivity index (χ1v) is 14.5. The van der Waals surface area contributed by atoms with Crippen molar-refractivity contribution in [3.63, 3.8) is 0 Å². The summed E-state index contributed by atoms with van der Waals surface area (Å²) in [4.78, 5) is 12.4. The summed E-state index contributed by atoms with van der Waals surface area (Å²) < 4.78 is 39.8. The molecule has 0 aliphatic carbocycles. The van der Waals surface area contributed by atoms with E-state index in [1.54, 1.807) is 36.4 Å². The molecule has 1 unspecified atom stereocenters. The molecule has 4 rings (SSSR count). The van der Waals surface area contributed by atoms with Crippen molar-refractivity contribution in [2.24, 2.45) is 0 Å². The van der Waals surface area contributed by atoms with E-state index in [-0.39, 0.29) is 5.92 Å². The highest BCUT2D eigenvalue weighted by Gasteiger charge is 2.33. The minimum atomic E-state index is -3.67. The van der Waals surface area contributed by atoms with Crippen LogP contribution in [0.25, 0.3) is 11.1 Å². The van der Waals surface area contributed by atoms with Crippen LogP contribution in [0.3, 0.4) is 0 Å². The molecule has 0 N–H and O–H groups in total. The number of rotatable bonds is 8. The molecule has 1 aliphatic rings. The van der Waals surface area contributed by atoms with Gasteiger partial charge in [-0.15, -0.1) is 0 Å². The second-order valence-corrected chi connectivity index (χ2v) is 12.6. The molecule has 0 saturated carbocycles. The number of methoxy groups -OCH3 is 1. The summed E-state index contributed by atoms with van der Waals surface area (Å²) in [7, 11) is -2.34. The lowest BCUT2D eigenvalue weighted by molar-refractivity contribution is -0.156. The highest BCUT2D eigenvalue weighted by atomic mass is 32.2. The lowest BCUT2D eigenvalue weighted by Gasteiger charge is -2.32. The van der Waals surface area contributed by atoms with E-state index >= 15 is 0 Å². The van der Waals surface area contributed by atoms with E-state index < -0.39 is 21.6 Å². The maximum absolute atomic E-state index is 13.7. The van der Waals surface area contributed by atoms with Crippen LogP contribution in [-0.4, -0.2) is 44.5 Å². The third kappa shape index (κ3) is 6.11. The summed E-state index contributed by atoms with van der Waals surface area (Å²) in [6.07, 6.45) is 1.64. The average Bonchev–Trinajstić information content (AvgIpc) is 2.92. The summed E-state index contributed by atoms with van der Waals surface area (Å²) in [6.45, 7) is 8.50. The molecule has 3 aromatic rings. The molecule has 7 heteroatoms. The quantitative estimate of drug-likeness (QED) is 0.313. The molecule has 0 amide bonds. The molecule has 0 spiro atoms. The summed E-state index contributed by atoms with van der Waals surface area (Å²) in [5.41, 5.74) is 2.99. The second kappa shape index (κ2) is 11.3. The lowest BCUT2D eigenvalue weighted by atomic mass is 9.91. The molecule has 1 heterocycles. The van der Waals surface area contributed by atoms with Crippen molar-refractivity contribution in [1.82, 2.24) is 4.31 Å². The van der Waals surface area contributed by atoms with Crippen LogP contribution in [0.1, 0.15) is 63.5 Å². The summed E-state index contributed by atoms with van der Waals surface area (Å²) in [5, 5.41) is 0. The molecule has 6 nitrogen and oxygen atoms in total. The van der Waals surface area contributed by atoms with E-state index in [1.807, 2.05) is 30.3 Å². The van der Waals surface area contributed by atoms with Crippen molar-refractivity contribution in [2.45, 2.75) is 62.9 Å². The molecule has 202 valence electrons. The zero-order valence-corrected chi connectivity index (χ0v) is 23.6. The van der Waals surface area contributed by atoms with Gasteiger partial charge in [0.05, 0.1) is 12.0 Å². The molecule has 1 fully saturated rings. The standard InChI is InChI=1S/C31H37NO5S/c1-22(2)23-14-16-24(17-15-23)26-10-7-13-29(20-26)38(34,35)32-18-8-11-27(21-32)25-9-6-12-28(19-25)37-31(3,4)30(33)36-5/h6-7,9-10,12-17,19-20,22,27H,8,11,18,21H2,1-5H3. The van der Waals surface area contributed by atoms with E-state index in [0.717, 1.165) is 29.5 Å². The SMILES string of the molecule is COC(=O)C(C)(C)Oc1cccc(C2CCCN(S(=O)(=O)c3cccc(-c4ccc(C(C)C)cc4)c3)C2)c1. The Morgan fingerprint density at radius 1 is 0.974 bits per heavy atom. The first kappa shape index (κ1) is 27.9. The van der Waals surface area contributed by atoms with Crippen LogP contribution in [0, 0.1) is 0 Å². The Kier molecular flexibility index (Phi) is 8.28. The number of piperidine rings is 1. The van der Waals surface area contributed by atoms with E-state index in [9.17, 15) is 13.2 Å². The molecule has 0 bridgehead atoms. The van der Waals surface area contributed by atoms with Gasteiger partial charge >= 0.3 is 5.97 Å². The number of carbonyl (C=O) groups excluding carboxylic acids is 1. The van der Waals surface area contributed by atoms with Gasteiger partial charge in [0.2, 0.25) is 10.0 Å². The first-order chi connectivity index (χ1) is 18.0. The summed E-state index contributed by atoms with van der Waals surface area (Å²) >= 11 is 0. The molecule has 1 aliphatic heterocycles. The maximum Gasteiger partial charge on any atom is 0.349 e. The maximum atomic E-state index is 13.7. The fraction of sp³-hybridized carbons (Fsp3) is 0.387. The molecule has 1 atom stereocenters. The first-order valence-electron chi connectivity index (χ1n) is 13.1. The topological polar surface area (TPSA) is 72.9 Å².